The molecule has 2 heterocycles. The molecule has 1 aromatic heterocycles. The van der Waals surface area contributed by atoms with Crippen molar-refractivity contribution in [2.45, 2.75) is 26.3 Å². The molecule has 1 saturated heterocycles. The molecule has 0 aliphatic carbocycles. The van der Waals surface area contributed by atoms with E-state index in [0.717, 1.165) is 29.0 Å². The zero-order valence-corrected chi connectivity index (χ0v) is 13.4. The molecule has 2 N–H and O–H groups in total. The lowest BCUT2D eigenvalue weighted by atomic mass is 10.0. The molecule has 2 atom stereocenters. The van der Waals surface area contributed by atoms with Gasteiger partial charge in [-0.25, -0.2) is 4.98 Å². The molecule has 1 amide bonds. The summed E-state index contributed by atoms with van der Waals surface area (Å²) in [5.41, 5.74) is 1.55. The Balaban J connectivity index is 2.00. The number of anilines is 1. The zero-order valence-electron chi connectivity index (χ0n) is 11.8. The van der Waals surface area contributed by atoms with Crippen LogP contribution in [0.25, 0.3) is 0 Å². The maximum Gasteiger partial charge on any atom is 0.231 e. The molecular weight excluding hydrogens is 322 g/mol. The Morgan fingerprint density at radius 2 is 2.30 bits per heavy atom. The summed E-state index contributed by atoms with van der Waals surface area (Å²) in [6.45, 7) is 5.94. The topological polar surface area (TPSA) is 63.2 Å². The summed E-state index contributed by atoms with van der Waals surface area (Å²) in [6.07, 6.45) is 1.04. The Labute approximate surface area is 127 Å². The molecule has 1 aliphatic rings. The zero-order chi connectivity index (χ0) is 14.5. The monoisotopic (exact) mass is 341 g/mol. The number of carbonyl (C=O) groups excluding carboxylic acids is 1. The largest absolute Gasteiger partial charge is 0.379 e. The highest BCUT2D eigenvalue weighted by Gasteiger charge is 2.33. The number of hydrogen-bond donors (Lipinski definition) is 2. The van der Waals surface area contributed by atoms with E-state index in [-0.39, 0.29) is 17.9 Å². The fraction of sp³-hybridized carbons (Fsp3) is 0.571. The van der Waals surface area contributed by atoms with E-state index in [0.29, 0.717) is 13.2 Å². The van der Waals surface area contributed by atoms with E-state index in [1.54, 1.807) is 0 Å². The average molecular weight is 342 g/mol. The summed E-state index contributed by atoms with van der Waals surface area (Å²) in [4.78, 5) is 16.6. The van der Waals surface area contributed by atoms with Crippen molar-refractivity contribution >= 4 is 27.5 Å². The number of nitrogens with zero attached hydrogens (tertiary/aromatic N) is 1. The van der Waals surface area contributed by atoms with E-state index >= 15 is 0 Å². The number of rotatable bonds is 5. The van der Waals surface area contributed by atoms with E-state index < -0.39 is 0 Å². The van der Waals surface area contributed by atoms with Crippen molar-refractivity contribution in [3.8, 4) is 0 Å². The lowest BCUT2D eigenvalue weighted by Crippen LogP contribution is -2.41. The highest BCUT2D eigenvalue weighted by Crippen LogP contribution is 2.20. The summed E-state index contributed by atoms with van der Waals surface area (Å²) < 4.78 is 6.19. The first-order chi connectivity index (χ1) is 9.61. The number of aryl methyl sites for hydroxylation is 1. The Hall–Kier alpha value is -0.980. The Kier molecular flexibility index (Phi) is 5.51. The average Bonchev–Trinajstić information content (AvgIpc) is 2.88. The number of pyridine rings is 1. The van der Waals surface area contributed by atoms with E-state index in [2.05, 4.69) is 38.5 Å². The predicted molar refractivity (Wildman–Crippen MR) is 81.7 cm³/mol. The third kappa shape index (κ3) is 3.77. The van der Waals surface area contributed by atoms with Gasteiger partial charge in [-0.15, -0.1) is 0 Å². The molecule has 2 unspecified atom stereocenters. The summed E-state index contributed by atoms with van der Waals surface area (Å²) in [5.74, 6) is -0.159. The number of hydrogen-bond acceptors (Lipinski definition) is 4. The van der Waals surface area contributed by atoms with Crippen LogP contribution in [-0.4, -0.2) is 36.7 Å². The van der Waals surface area contributed by atoms with Gasteiger partial charge in [-0.3, -0.25) is 4.79 Å². The second kappa shape index (κ2) is 7.15. The van der Waals surface area contributed by atoms with Crippen molar-refractivity contribution in [3.63, 3.8) is 0 Å². The Morgan fingerprint density at radius 1 is 1.50 bits per heavy atom. The van der Waals surface area contributed by atoms with Crippen LogP contribution in [0.15, 0.2) is 16.7 Å². The predicted octanol–water partition coefficient (Wildman–Crippen LogP) is 2.11. The Morgan fingerprint density at radius 3 is 3.00 bits per heavy atom. The molecule has 110 valence electrons. The van der Waals surface area contributed by atoms with Crippen molar-refractivity contribution in [2.24, 2.45) is 5.92 Å². The highest BCUT2D eigenvalue weighted by atomic mass is 79.9. The van der Waals surface area contributed by atoms with Crippen molar-refractivity contribution in [1.29, 1.82) is 0 Å². The van der Waals surface area contributed by atoms with Crippen LogP contribution in [0.5, 0.6) is 0 Å². The maximum atomic E-state index is 12.4. The summed E-state index contributed by atoms with van der Waals surface area (Å²) >= 11 is 3.31. The van der Waals surface area contributed by atoms with Crippen LogP contribution < -0.4 is 10.6 Å². The number of carbonyl (C=O) groups is 1. The number of ether oxygens (including phenoxy) is 1. The SMILES string of the molecule is CCCNC1COCC1C(=O)Nc1ccc(Br)nc1C. The summed E-state index contributed by atoms with van der Waals surface area (Å²) in [7, 11) is 0. The number of halogens is 1. The third-order valence-corrected chi connectivity index (χ3v) is 3.83. The van der Waals surface area contributed by atoms with Crippen LogP contribution >= 0.6 is 15.9 Å². The third-order valence-electron chi connectivity index (χ3n) is 3.38. The quantitative estimate of drug-likeness (QED) is 0.805. The fourth-order valence-electron chi connectivity index (χ4n) is 2.23. The van der Waals surface area contributed by atoms with E-state index in [1.807, 2.05) is 19.1 Å². The molecule has 0 bridgehead atoms. The van der Waals surface area contributed by atoms with Gasteiger partial charge in [0.05, 0.1) is 30.5 Å². The molecule has 0 spiro atoms. The first-order valence-corrected chi connectivity index (χ1v) is 7.66. The van der Waals surface area contributed by atoms with Crippen molar-refractivity contribution in [2.75, 3.05) is 25.1 Å². The molecule has 0 radical (unpaired) electrons. The lowest BCUT2D eigenvalue weighted by Gasteiger charge is -2.18. The van der Waals surface area contributed by atoms with Gasteiger partial charge in [0.25, 0.3) is 0 Å². The molecule has 2 rings (SSSR count). The normalized spacial score (nSPS) is 21.9. The van der Waals surface area contributed by atoms with Crippen LogP contribution in [0, 0.1) is 12.8 Å². The maximum absolute atomic E-state index is 12.4. The van der Waals surface area contributed by atoms with Crippen LogP contribution in [0.3, 0.4) is 0 Å². The first kappa shape index (κ1) is 15.4. The van der Waals surface area contributed by atoms with Gasteiger partial charge in [-0.1, -0.05) is 6.92 Å². The van der Waals surface area contributed by atoms with Crippen LogP contribution in [0.1, 0.15) is 19.0 Å². The molecule has 1 aliphatic heterocycles. The van der Waals surface area contributed by atoms with Crippen LogP contribution in [-0.2, 0) is 9.53 Å². The van der Waals surface area contributed by atoms with E-state index in [4.69, 9.17) is 4.74 Å². The number of aromatic nitrogens is 1. The molecule has 0 saturated carbocycles. The van der Waals surface area contributed by atoms with Gasteiger partial charge < -0.3 is 15.4 Å². The first-order valence-electron chi connectivity index (χ1n) is 6.87. The van der Waals surface area contributed by atoms with Gasteiger partial charge >= 0.3 is 0 Å². The van der Waals surface area contributed by atoms with Crippen molar-refractivity contribution in [1.82, 2.24) is 10.3 Å². The van der Waals surface area contributed by atoms with E-state index in [9.17, 15) is 4.79 Å². The second-order valence-electron chi connectivity index (χ2n) is 4.96. The highest BCUT2D eigenvalue weighted by molar-refractivity contribution is 9.10. The minimum absolute atomic E-state index is 0.0108. The van der Waals surface area contributed by atoms with Gasteiger partial charge in [0, 0.05) is 6.04 Å². The van der Waals surface area contributed by atoms with Crippen molar-refractivity contribution in [3.05, 3.63) is 22.4 Å². The molecule has 1 aromatic rings. The van der Waals surface area contributed by atoms with Crippen molar-refractivity contribution < 1.29 is 9.53 Å². The Bertz CT molecular complexity index is 481. The lowest BCUT2D eigenvalue weighted by molar-refractivity contribution is -0.120. The van der Waals surface area contributed by atoms with Gasteiger partial charge in [0.2, 0.25) is 5.91 Å². The molecule has 1 fully saturated rings. The standard InChI is InChI=1S/C14H20BrN3O2/c1-3-6-16-12-8-20-7-10(12)14(19)18-11-4-5-13(15)17-9(11)2/h4-5,10,12,16H,3,6-8H2,1-2H3,(H,18,19). The summed E-state index contributed by atoms with van der Waals surface area (Å²) in [6, 6.07) is 3.77. The minimum Gasteiger partial charge on any atom is -0.379 e. The minimum atomic E-state index is -0.149. The number of amides is 1. The smallest absolute Gasteiger partial charge is 0.231 e. The van der Waals surface area contributed by atoms with E-state index in [1.165, 1.54) is 0 Å². The van der Waals surface area contributed by atoms with Gasteiger partial charge in [-0.2, -0.15) is 0 Å². The van der Waals surface area contributed by atoms with Crippen LogP contribution in [0.4, 0.5) is 5.69 Å². The van der Waals surface area contributed by atoms with Gasteiger partial charge in [0.1, 0.15) is 4.60 Å². The second-order valence-corrected chi connectivity index (χ2v) is 5.77. The molecular formula is C14H20BrN3O2. The fourth-order valence-corrected chi connectivity index (χ4v) is 2.63. The molecule has 20 heavy (non-hydrogen) atoms. The molecule has 5 nitrogen and oxygen atoms in total. The molecule has 0 aromatic carbocycles. The summed E-state index contributed by atoms with van der Waals surface area (Å²) in [5, 5.41) is 6.31. The van der Waals surface area contributed by atoms with Gasteiger partial charge in [0.15, 0.2) is 0 Å². The molecule has 6 heteroatoms. The number of nitrogens with one attached hydrogen (secondary N) is 2. The van der Waals surface area contributed by atoms with Gasteiger partial charge in [-0.05, 0) is 48.0 Å². The van der Waals surface area contributed by atoms with Crippen LogP contribution in [0.2, 0.25) is 0 Å².